The van der Waals surface area contributed by atoms with Crippen LogP contribution in [0.15, 0.2) is 24.5 Å². The molecular formula is C10H14N2. The van der Waals surface area contributed by atoms with Crippen LogP contribution in [0.1, 0.15) is 19.5 Å². The Bertz CT molecular complexity index is 349. The van der Waals surface area contributed by atoms with Crippen LogP contribution in [-0.4, -0.2) is 9.97 Å². The number of hydrogen-bond donors (Lipinski definition) is 1. The van der Waals surface area contributed by atoms with Crippen LogP contribution in [0, 0.1) is 6.92 Å². The molecule has 12 heavy (non-hydrogen) atoms. The van der Waals surface area contributed by atoms with E-state index in [4.69, 9.17) is 0 Å². The Morgan fingerprint density at radius 3 is 2.67 bits per heavy atom. The molecule has 0 radical (unpaired) electrons. The van der Waals surface area contributed by atoms with Crippen molar-refractivity contribution in [3.05, 3.63) is 30.2 Å². The molecule has 0 saturated carbocycles. The smallest absolute Gasteiger partial charge is 0.0487 e. The van der Waals surface area contributed by atoms with Crippen LogP contribution in [0.4, 0.5) is 0 Å². The summed E-state index contributed by atoms with van der Waals surface area (Å²) in [5.74, 6) is 0. The number of H-pyrrole nitrogens is 1. The van der Waals surface area contributed by atoms with Gasteiger partial charge in [-0.15, -0.1) is 0 Å². The highest BCUT2D eigenvalue weighted by molar-refractivity contribution is 5.80. The fourth-order valence-corrected chi connectivity index (χ4v) is 1.13. The molecule has 0 atom stereocenters. The maximum Gasteiger partial charge on any atom is 0.0487 e. The lowest BCUT2D eigenvalue weighted by molar-refractivity contribution is 1.24. The van der Waals surface area contributed by atoms with Crippen LogP contribution >= 0.6 is 0 Å². The number of fused-ring (bicyclic) bond motifs is 1. The van der Waals surface area contributed by atoms with Crippen molar-refractivity contribution in [1.29, 1.82) is 0 Å². The van der Waals surface area contributed by atoms with E-state index in [1.807, 2.05) is 45.3 Å². The zero-order valence-corrected chi connectivity index (χ0v) is 7.76. The zero-order chi connectivity index (χ0) is 8.97. The number of hydrogen-bond acceptors (Lipinski definition) is 1. The van der Waals surface area contributed by atoms with Gasteiger partial charge in [0.25, 0.3) is 0 Å². The van der Waals surface area contributed by atoms with Gasteiger partial charge in [0.2, 0.25) is 0 Å². The number of aromatic nitrogens is 2. The number of nitrogens with zero attached hydrogens (tertiary/aromatic N) is 1. The van der Waals surface area contributed by atoms with Crippen molar-refractivity contribution in [3.8, 4) is 0 Å². The second-order valence-corrected chi connectivity index (χ2v) is 2.34. The van der Waals surface area contributed by atoms with Crippen molar-refractivity contribution in [1.82, 2.24) is 9.97 Å². The van der Waals surface area contributed by atoms with Crippen LogP contribution in [0.5, 0.6) is 0 Å². The highest BCUT2D eigenvalue weighted by Crippen LogP contribution is 2.12. The SMILES string of the molecule is CC.Cc1nccc2[nH]ccc12. The van der Waals surface area contributed by atoms with Crippen LogP contribution in [0.25, 0.3) is 10.9 Å². The zero-order valence-electron chi connectivity index (χ0n) is 7.76. The minimum Gasteiger partial charge on any atom is -0.361 e. The topological polar surface area (TPSA) is 28.7 Å². The van der Waals surface area contributed by atoms with Crippen molar-refractivity contribution >= 4 is 10.9 Å². The molecule has 2 rings (SSSR count). The van der Waals surface area contributed by atoms with E-state index < -0.39 is 0 Å². The lowest BCUT2D eigenvalue weighted by Crippen LogP contribution is -1.78. The third kappa shape index (κ3) is 1.47. The third-order valence-electron chi connectivity index (χ3n) is 1.68. The summed E-state index contributed by atoms with van der Waals surface area (Å²) in [4.78, 5) is 7.28. The predicted molar refractivity (Wildman–Crippen MR) is 52.2 cm³/mol. The van der Waals surface area contributed by atoms with Gasteiger partial charge in [0.1, 0.15) is 0 Å². The highest BCUT2D eigenvalue weighted by Gasteiger charge is 1.95. The van der Waals surface area contributed by atoms with Gasteiger partial charge in [-0.05, 0) is 19.1 Å². The quantitative estimate of drug-likeness (QED) is 0.634. The molecule has 2 heterocycles. The maximum atomic E-state index is 4.16. The van der Waals surface area contributed by atoms with E-state index in [0.29, 0.717) is 0 Å². The van der Waals surface area contributed by atoms with E-state index in [1.165, 1.54) is 5.39 Å². The molecule has 0 spiro atoms. The lowest BCUT2D eigenvalue weighted by Gasteiger charge is -1.91. The van der Waals surface area contributed by atoms with Gasteiger partial charge >= 0.3 is 0 Å². The molecule has 0 unspecified atom stereocenters. The molecule has 64 valence electrons. The van der Waals surface area contributed by atoms with E-state index in [1.54, 1.807) is 0 Å². The van der Waals surface area contributed by atoms with Crippen molar-refractivity contribution < 1.29 is 0 Å². The van der Waals surface area contributed by atoms with Gasteiger partial charge in [0, 0.05) is 29.0 Å². The van der Waals surface area contributed by atoms with E-state index in [-0.39, 0.29) is 0 Å². The second-order valence-electron chi connectivity index (χ2n) is 2.34. The fourth-order valence-electron chi connectivity index (χ4n) is 1.13. The third-order valence-corrected chi connectivity index (χ3v) is 1.68. The molecule has 0 saturated heterocycles. The molecule has 2 nitrogen and oxygen atoms in total. The maximum absolute atomic E-state index is 4.16. The van der Waals surface area contributed by atoms with Crippen molar-refractivity contribution in [2.75, 3.05) is 0 Å². The van der Waals surface area contributed by atoms with Gasteiger partial charge in [-0.3, -0.25) is 4.98 Å². The van der Waals surface area contributed by atoms with E-state index in [9.17, 15) is 0 Å². The van der Waals surface area contributed by atoms with Gasteiger partial charge in [-0.1, -0.05) is 13.8 Å². The Balaban J connectivity index is 0.000000336. The minimum atomic E-state index is 1.08. The van der Waals surface area contributed by atoms with E-state index in [0.717, 1.165) is 11.2 Å². The normalized spacial score (nSPS) is 9.25. The molecule has 1 N–H and O–H groups in total. The van der Waals surface area contributed by atoms with Gasteiger partial charge in [0.15, 0.2) is 0 Å². The molecular weight excluding hydrogens is 148 g/mol. The second kappa shape index (κ2) is 3.90. The summed E-state index contributed by atoms with van der Waals surface area (Å²) >= 11 is 0. The van der Waals surface area contributed by atoms with Crippen LogP contribution in [0.3, 0.4) is 0 Å². The van der Waals surface area contributed by atoms with Crippen LogP contribution < -0.4 is 0 Å². The van der Waals surface area contributed by atoms with Crippen LogP contribution in [0.2, 0.25) is 0 Å². The van der Waals surface area contributed by atoms with Crippen molar-refractivity contribution in [3.63, 3.8) is 0 Å². The van der Waals surface area contributed by atoms with Gasteiger partial charge in [-0.25, -0.2) is 0 Å². The summed E-state index contributed by atoms with van der Waals surface area (Å²) in [6.07, 6.45) is 3.74. The van der Waals surface area contributed by atoms with Gasteiger partial charge in [0.05, 0.1) is 0 Å². The molecule has 0 aliphatic carbocycles. The molecule has 0 bridgehead atoms. The Morgan fingerprint density at radius 1 is 1.25 bits per heavy atom. The summed E-state index contributed by atoms with van der Waals surface area (Å²) in [7, 11) is 0. The summed E-state index contributed by atoms with van der Waals surface area (Å²) in [6, 6.07) is 4.01. The Labute approximate surface area is 72.6 Å². The van der Waals surface area contributed by atoms with E-state index in [2.05, 4.69) is 9.97 Å². The molecule has 0 aliphatic heterocycles. The average Bonchev–Trinajstić information content (AvgIpc) is 2.57. The van der Waals surface area contributed by atoms with Crippen LogP contribution in [-0.2, 0) is 0 Å². The predicted octanol–water partition coefficient (Wildman–Crippen LogP) is 2.90. The highest BCUT2D eigenvalue weighted by atomic mass is 14.7. The first-order valence-electron chi connectivity index (χ1n) is 4.26. The number of aryl methyl sites for hydroxylation is 1. The summed E-state index contributed by atoms with van der Waals surface area (Å²) in [5.41, 5.74) is 2.24. The number of aromatic amines is 1. The Hall–Kier alpha value is -1.31. The Kier molecular flexibility index (Phi) is 2.86. The van der Waals surface area contributed by atoms with E-state index >= 15 is 0 Å². The van der Waals surface area contributed by atoms with Crippen molar-refractivity contribution in [2.24, 2.45) is 0 Å². The average molecular weight is 162 g/mol. The molecule has 0 aliphatic rings. The molecule has 0 fully saturated rings. The molecule has 0 aromatic carbocycles. The lowest BCUT2D eigenvalue weighted by atomic mass is 10.2. The first-order valence-corrected chi connectivity index (χ1v) is 4.26. The molecule has 0 amide bonds. The Morgan fingerprint density at radius 2 is 2.00 bits per heavy atom. The number of rotatable bonds is 0. The number of nitrogens with one attached hydrogen (secondary N) is 1. The molecule has 2 aromatic heterocycles. The standard InChI is InChI=1S/C8H8N2.C2H6/c1-6-7-2-4-10-8(7)3-5-9-6;1-2/h2-5,10H,1H3;1-2H3. The summed E-state index contributed by atoms with van der Waals surface area (Å²) < 4.78 is 0. The van der Waals surface area contributed by atoms with Gasteiger partial charge < -0.3 is 4.98 Å². The monoisotopic (exact) mass is 162 g/mol. The summed E-state index contributed by atoms with van der Waals surface area (Å²) in [6.45, 7) is 6.01. The summed E-state index contributed by atoms with van der Waals surface area (Å²) in [5, 5.41) is 1.21. The number of pyridine rings is 1. The minimum absolute atomic E-state index is 1.08. The molecule has 2 aromatic rings. The van der Waals surface area contributed by atoms with Crippen molar-refractivity contribution in [2.45, 2.75) is 20.8 Å². The largest absolute Gasteiger partial charge is 0.361 e. The molecule has 2 heteroatoms. The van der Waals surface area contributed by atoms with Gasteiger partial charge in [-0.2, -0.15) is 0 Å². The fraction of sp³-hybridized carbons (Fsp3) is 0.300. The first kappa shape index (κ1) is 8.78. The first-order chi connectivity index (χ1) is 5.88.